The largest absolute Gasteiger partial charge is 0.488 e. The quantitative estimate of drug-likeness (QED) is 0.178. The van der Waals surface area contributed by atoms with Crippen LogP contribution in [0.5, 0.6) is 5.75 Å². The minimum Gasteiger partial charge on any atom is -0.488 e. The van der Waals surface area contributed by atoms with Crippen molar-refractivity contribution in [2.45, 2.75) is 17.5 Å². The Morgan fingerprint density at radius 2 is 1.58 bits per heavy atom. The van der Waals surface area contributed by atoms with Gasteiger partial charge in [-0.3, -0.25) is 0 Å². The summed E-state index contributed by atoms with van der Waals surface area (Å²) in [5.74, 6) is 7.95. The smallest absolute Gasteiger partial charge is 0.264 e. The molecular weight excluding hydrogens is 408 g/mol. The van der Waals surface area contributed by atoms with Crippen LogP contribution in [0.2, 0.25) is 0 Å². The first-order valence-electron chi connectivity index (χ1n) is 9.71. The molecule has 0 fully saturated rings. The second kappa shape index (κ2) is 10.3. The lowest BCUT2D eigenvalue weighted by Crippen LogP contribution is -2.13. The van der Waals surface area contributed by atoms with Gasteiger partial charge >= 0.3 is 0 Å². The fourth-order valence-electron chi connectivity index (χ4n) is 2.79. The Balaban J connectivity index is 1.36. The number of aromatic nitrogens is 3. The van der Waals surface area contributed by atoms with Crippen molar-refractivity contribution in [2.75, 3.05) is 11.3 Å². The average molecular weight is 431 g/mol. The summed E-state index contributed by atoms with van der Waals surface area (Å²) in [5.41, 5.74) is 5.98. The van der Waals surface area contributed by atoms with E-state index < -0.39 is 0 Å². The Hall–Kier alpha value is -3.78. The molecule has 8 heteroatoms. The molecule has 0 bridgehead atoms. The van der Waals surface area contributed by atoms with Crippen LogP contribution in [0.4, 0.5) is 5.95 Å². The van der Waals surface area contributed by atoms with Gasteiger partial charge in [0.05, 0.1) is 6.21 Å². The van der Waals surface area contributed by atoms with Gasteiger partial charge in [0.15, 0.2) is 0 Å². The molecule has 0 amide bonds. The first-order valence-corrected chi connectivity index (χ1v) is 10.7. The van der Waals surface area contributed by atoms with Crippen molar-refractivity contribution in [3.05, 3.63) is 102 Å². The van der Waals surface area contributed by atoms with Gasteiger partial charge < -0.3 is 10.6 Å². The van der Waals surface area contributed by atoms with E-state index in [2.05, 4.69) is 32.9 Å². The molecule has 156 valence electrons. The highest BCUT2D eigenvalue weighted by Crippen LogP contribution is 2.22. The van der Waals surface area contributed by atoms with Gasteiger partial charge in [-0.2, -0.15) is 5.10 Å². The van der Waals surface area contributed by atoms with Gasteiger partial charge in [-0.05, 0) is 23.3 Å². The summed E-state index contributed by atoms with van der Waals surface area (Å²) in [7, 11) is 0. The van der Waals surface area contributed by atoms with Crippen molar-refractivity contribution in [1.29, 1.82) is 0 Å². The van der Waals surface area contributed by atoms with Crippen LogP contribution >= 0.6 is 11.8 Å². The number of hydrazone groups is 1. The van der Waals surface area contributed by atoms with Crippen molar-refractivity contribution in [1.82, 2.24) is 14.9 Å². The number of nitrogens with one attached hydrogen (secondary N) is 1. The Morgan fingerprint density at radius 1 is 0.903 bits per heavy atom. The van der Waals surface area contributed by atoms with Crippen LogP contribution in [0.3, 0.4) is 0 Å². The van der Waals surface area contributed by atoms with Gasteiger partial charge in [0.25, 0.3) is 5.95 Å². The number of benzene rings is 3. The molecule has 3 aromatic carbocycles. The lowest BCUT2D eigenvalue weighted by atomic mass is 10.2. The summed E-state index contributed by atoms with van der Waals surface area (Å²) < 4.78 is 7.34. The Labute approximate surface area is 184 Å². The summed E-state index contributed by atoms with van der Waals surface area (Å²) in [6, 6.07) is 27.8. The van der Waals surface area contributed by atoms with Crippen LogP contribution in [0, 0.1) is 0 Å². The van der Waals surface area contributed by atoms with E-state index in [9.17, 15) is 0 Å². The summed E-state index contributed by atoms with van der Waals surface area (Å²) in [6.45, 7) is 0.484. The fraction of sp³-hybridized carbons (Fsp3) is 0.0870. The number of hydrogen-bond donors (Lipinski definition) is 2. The highest BCUT2D eigenvalue weighted by atomic mass is 32.2. The Morgan fingerprint density at radius 3 is 2.35 bits per heavy atom. The second-order valence-electron chi connectivity index (χ2n) is 6.63. The fourth-order valence-corrected chi connectivity index (χ4v) is 3.60. The molecule has 0 unspecified atom stereocenters. The number of hydrogen-bond acceptors (Lipinski definition) is 7. The van der Waals surface area contributed by atoms with E-state index in [0.717, 1.165) is 22.6 Å². The molecule has 7 nitrogen and oxygen atoms in total. The molecule has 0 radical (unpaired) electrons. The maximum absolute atomic E-state index is 6.10. The molecule has 0 aliphatic heterocycles. The van der Waals surface area contributed by atoms with E-state index in [1.807, 2.05) is 72.8 Å². The van der Waals surface area contributed by atoms with Crippen molar-refractivity contribution in [2.24, 2.45) is 5.10 Å². The summed E-state index contributed by atoms with van der Waals surface area (Å²) >= 11 is 1.51. The van der Waals surface area contributed by atoms with Crippen molar-refractivity contribution in [3.63, 3.8) is 0 Å². The van der Waals surface area contributed by atoms with Gasteiger partial charge in [0, 0.05) is 11.3 Å². The van der Waals surface area contributed by atoms with Gasteiger partial charge in [0.1, 0.15) is 12.4 Å². The number of nitrogens with two attached hydrogens (primary N) is 1. The molecule has 31 heavy (non-hydrogen) atoms. The normalized spacial score (nSPS) is 11.0. The molecule has 1 heterocycles. The highest BCUT2D eigenvalue weighted by molar-refractivity contribution is 7.98. The van der Waals surface area contributed by atoms with E-state index in [1.165, 1.54) is 22.0 Å². The van der Waals surface area contributed by atoms with E-state index >= 15 is 0 Å². The number of thioether (sulfide) groups is 1. The van der Waals surface area contributed by atoms with Gasteiger partial charge in [-0.1, -0.05) is 84.6 Å². The van der Waals surface area contributed by atoms with Gasteiger partial charge in [-0.15, -0.1) is 10.2 Å². The van der Waals surface area contributed by atoms with Crippen LogP contribution in [0.15, 0.2) is 95.2 Å². The minimum absolute atomic E-state index is 0.356. The SMILES string of the molecule is Nn1c(N/N=C/c2ccccc2OCc2ccccc2)nnc1SCc1ccccc1. The average Bonchev–Trinajstić information content (AvgIpc) is 3.17. The Bertz CT molecular complexity index is 1130. The van der Waals surface area contributed by atoms with Crippen LogP contribution in [0.25, 0.3) is 0 Å². The molecular formula is C23H22N6OS. The standard InChI is InChI=1S/C23H22N6OS/c24-29-22(27-28-23(29)31-17-19-11-5-2-6-12-19)26-25-15-20-13-7-8-14-21(20)30-16-18-9-3-1-4-10-18/h1-15H,16-17,24H2,(H,26,27)/b25-15+. The zero-order valence-electron chi connectivity index (χ0n) is 16.8. The molecule has 4 aromatic rings. The lowest BCUT2D eigenvalue weighted by molar-refractivity contribution is 0.306. The number of rotatable bonds is 9. The molecule has 3 N–H and O–H groups in total. The van der Waals surface area contributed by atoms with Gasteiger partial charge in [-0.25, -0.2) is 10.1 Å². The van der Waals surface area contributed by atoms with Crippen LogP contribution < -0.4 is 16.0 Å². The first-order chi connectivity index (χ1) is 15.3. The first kappa shape index (κ1) is 20.5. The molecule has 0 saturated heterocycles. The predicted molar refractivity (Wildman–Crippen MR) is 125 cm³/mol. The third-order valence-corrected chi connectivity index (χ3v) is 5.41. The number of nitrogens with zero attached hydrogens (tertiary/aromatic N) is 4. The summed E-state index contributed by atoms with van der Waals surface area (Å²) in [6.07, 6.45) is 1.67. The third-order valence-electron chi connectivity index (χ3n) is 4.40. The number of nitrogen functional groups attached to an aromatic ring is 1. The van der Waals surface area contributed by atoms with E-state index in [0.29, 0.717) is 17.7 Å². The maximum atomic E-state index is 6.10. The summed E-state index contributed by atoms with van der Waals surface area (Å²) in [4.78, 5) is 0. The molecule has 0 atom stereocenters. The van der Waals surface area contributed by atoms with E-state index in [4.69, 9.17) is 10.6 Å². The topological polar surface area (TPSA) is 90.3 Å². The van der Waals surface area contributed by atoms with E-state index in [-0.39, 0.29) is 0 Å². The molecule has 0 aliphatic rings. The predicted octanol–water partition coefficient (Wildman–Crippen LogP) is 4.31. The van der Waals surface area contributed by atoms with Crippen LogP contribution in [-0.2, 0) is 12.4 Å². The molecule has 1 aromatic heterocycles. The monoisotopic (exact) mass is 430 g/mol. The van der Waals surface area contributed by atoms with Crippen LogP contribution in [0.1, 0.15) is 16.7 Å². The molecule has 0 aliphatic carbocycles. The Kier molecular flexibility index (Phi) is 6.81. The lowest BCUT2D eigenvalue weighted by Gasteiger charge is -2.09. The minimum atomic E-state index is 0.356. The molecule has 4 rings (SSSR count). The number of ether oxygens (including phenoxy) is 1. The van der Waals surface area contributed by atoms with Crippen molar-refractivity contribution >= 4 is 23.9 Å². The second-order valence-corrected chi connectivity index (χ2v) is 7.58. The van der Waals surface area contributed by atoms with Crippen LogP contribution in [-0.4, -0.2) is 21.1 Å². The van der Waals surface area contributed by atoms with Gasteiger partial charge in [0.2, 0.25) is 5.16 Å². The van der Waals surface area contributed by atoms with Crippen molar-refractivity contribution in [3.8, 4) is 5.75 Å². The van der Waals surface area contributed by atoms with E-state index in [1.54, 1.807) is 6.21 Å². The maximum Gasteiger partial charge on any atom is 0.264 e. The number of para-hydroxylation sites is 1. The zero-order chi connectivity index (χ0) is 21.3. The summed E-state index contributed by atoms with van der Waals surface area (Å²) in [5, 5.41) is 13.1. The number of anilines is 1. The van der Waals surface area contributed by atoms with Crippen molar-refractivity contribution < 1.29 is 4.74 Å². The highest BCUT2D eigenvalue weighted by Gasteiger charge is 2.09. The molecule has 0 spiro atoms. The third kappa shape index (κ3) is 5.64. The zero-order valence-corrected chi connectivity index (χ0v) is 17.6. The molecule has 0 saturated carbocycles.